The van der Waals surface area contributed by atoms with E-state index in [-0.39, 0.29) is 5.82 Å². The van der Waals surface area contributed by atoms with Crippen LogP contribution in [-0.2, 0) is 0 Å². The molecule has 2 heterocycles. The minimum atomic E-state index is -0.369. The Morgan fingerprint density at radius 1 is 1.53 bits per heavy atom. The van der Waals surface area contributed by atoms with Gasteiger partial charge < -0.3 is 5.32 Å². The fourth-order valence-corrected chi connectivity index (χ4v) is 2.20. The molecular formula is C12H15FN4. The molecule has 0 aliphatic heterocycles. The van der Waals surface area contributed by atoms with Crippen LogP contribution in [0, 0.1) is 11.7 Å². The van der Waals surface area contributed by atoms with Crippen molar-refractivity contribution in [2.45, 2.75) is 25.7 Å². The molecule has 1 aliphatic carbocycles. The van der Waals surface area contributed by atoms with E-state index in [9.17, 15) is 4.39 Å². The molecule has 2 aromatic rings. The maximum absolute atomic E-state index is 13.5. The first-order valence-electron chi connectivity index (χ1n) is 5.92. The maximum Gasteiger partial charge on any atom is 0.193 e. The Bertz CT molecular complexity index is 559. The maximum atomic E-state index is 13.5. The van der Waals surface area contributed by atoms with Gasteiger partial charge in [-0.05, 0) is 18.8 Å². The fourth-order valence-electron chi connectivity index (χ4n) is 2.20. The first-order valence-corrected chi connectivity index (χ1v) is 5.92. The third-order valence-corrected chi connectivity index (χ3v) is 3.50. The highest BCUT2D eigenvalue weighted by Crippen LogP contribution is 2.42. The fraction of sp³-hybridized carbons (Fsp3) is 0.500. The van der Waals surface area contributed by atoms with Crippen LogP contribution in [0.3, 0.4) is 0 Å². The van der Waals surface area contributed by atoms with Crippen LogP contribution in [0.15, 0.2) is 12.3 Å². The highest BCUT2D eigenvalue weighted by atomic mass is 19.1. The summed E-state index contributed by atoms with van der Waals surface area (Å²) in [6, 6.07) is 1.96. The minimum absolute atomic E-state index is 0.305. The van der Waals surface area contributed by atoms with Crippen molar-refractivity contribution < 1.29 is 4.39 Å². The molecule has 1 aliphatic rings. The van der Waals surface area contributed by atoms with E-state index >= 15 is 0 Å². The summed E-state index contributed by atoms with van der Waals surface area (Å²) < 4.78 is 15.0. The number of hydrogen-bond acceptors (Lipinski definition) is 3. The van der Waals surface area contributed by atoms with Gasteiger partial charge in [0.05, 0.1) is 6.20 Å². The van der Waals surface area contributed by atoms with Crippen molar-refractivity contribution in [3.63, 3.8) is 0 Å². The number of nitrogens with zero attached hydrogens (tertiary/aromatic N) is 3. The molecule has 1 fully saturated rings. The molecule has 5 heteroatoms. The molecule has 3 rings (SSSR count). The number of halogens is 1. The molecule has 4 nitrogen and oxygen atoms in total. The second-order valence-electron chi connectivity index (χ2n) is 4.67. The number of fused-ring (bicyclic) bond motifs is 1. The third-order valence-electron chi connectivity index (χ3n) is 3.50. The quantitative estimate of drug-likeness (QED) is 0.886. The van der Waals surface area contributed by atoms with E-state index in [0.717, 1.165) is 11.5 Å². The summed E-state index contributed by atoms with van der Waals surface area (Å²) in [5.74, 6) is 1.51. The molecule has 2 aromatic heterocycles. The van der Waals surface area contributed by atoms with E-state index in [4.69, 9.17) is 0 Å². The Hall–Kier alpha value is -1.65. The van der Waals surface area contributed by atoms with E-state index in [2.05, 4.69) is 22.3 Å². The molecule has 1 saturated carbocycles. The zero-order chi connectivity index (χ0) is 12.0. The summed E-state index contributed by atoms with van der Waals surface area (Å²) in [5, 5.41) is 7.00. The monoisotopic (exact) mass is 234 g/mol. The van der Waals surface area contributed by atoms with Crippen LogP contribution in [0.2, 0.25) is 0 Å². The van der Waals surface area contributed by atoms with Crippen molar-refractivity contribution >= 4 is 11.5 Å². The summed E-state index contributed by atoms with van der Waals surface area (Å²) in [7, 11) is 1.81. The van der Waals surface area contributed by atoms with Crippen molar-refractivity contribution in [2.24, 2.45) is 5.92 Å². The van der Waals surface area contributed by atoms with Crippen molar-refractivity contribution in [3.8, 4) is 0 Å². The lowest BCUT2D eigenvalue weighted by molar-refractivity contribution is 0.624. The summed E-state index contributed by atoms with van der Waals surface area (Å²) in [6.07, 6.45) is 3.71. The van der Waals surface area contributed by atoms with Gasteiger partial charge in [0.2, 0.25) is 0 Å². The van der Waals surface area contributed by atoms with Crippen LogP contribution in [0.25, 0.3) is 5.65 Å². The molecule has 0 amide bonds. The molecule has 1 unspecified atom stereocenters. The summed E-state index contributed by atoms with van der Waals surface area (Å²) in [4.78, 5) is 4.39. The van der Waals surface area contributed by atoms with Gasteiger partial charge in [-0.1, -0.05) is 6.92 Å². The Morgan fingerprint density at radius 3 is 2.94 bits per heavy atom. The molecular weight excluding hydrogens is 219 g/mol. The first-order chi connectivity index (χ1) is 8.20. The normalized spacial score (nSPS) is 17.4. The molecule has 0 spiro atoms. The first kappa shape index (κ1) is 10.5. The van der Waals surface area contributed by atoms with Crippen LogP contribution < -0.4 is 5.32 Å². The van der Waals surface area contributed by atoms with Gasteiger partial charge in [0.1, 0.15) is 5.82 Å². The molecule has 90 valence electrons. The highest BCUT2D eigenvalue weighted by molar-refractivity contribution is 5.50. The van der Waals surface area contributed by atoms with Gasteiger partial charge in [-0.2, -0.15) is 9.61 Å². The molecule has 0 aromatic carbocycles. The predicted molar refractivity (Wildman–Crippen MR) is 63.6 cm³/mol. The summed E-state index contributed by atoms with van der Waals surface area (Å²) in [6.45, 7) is 2.16. The molecule has 0 radical (unpaired) electrons. The number of anilines is 1. The zero-order valence-electron chi connectivity index (χ0n) is 9.94. The largest absolute Gasteiger partial charge is 0.373 e. The van der Waals surface area contributed by atoms with E-state index in [0.29, 0.717) is 17.5 Å². The van der Waals surface area contributed by atoms with Crippen molar-refractivity contribution in [2.75, 3.05) is 12.4 Å². The van der Waals surface area contributed by atoms with E-state index in [1.165, 1.54) is 23.6 Å². The Labute approximate surface area is 98.9 Å². The Kier molecular flexibility index (Phi) is 2.28. The van der Waals surface area contributed by atoms with Crippen molar-refractivity contribution in [3.05, 3.63) is 23.8 Å². The second kappa shape index (κ2) is 3.68. The van der Waals surface area contributed by atoms with E-state index in [1.807, 2.05) is 6.07 Å². The average Bonchev–Trinajstić information content (AvgIpc) is 3.13. The lowest BCUT2D eigenvalue weighted by Crippen LogP contribution is -2.07. The Balaban J connectivity index is 2.15. The van der Waals surface area contributed by atoms with Gasteiger partial charge >= 0.3 is 0 Å². The van der Waals surface area contributed by atoms with E-state index in [1.54, 1.807) is 7.05 Å². The molecule has 0 saturated heterocycles. The molecule has 1 N–H and O–H groups in total. The standard InChI is InChI=1S/C12H15FN4/c1-7(8-3-4-8)10-5-11(14-2)17-12(16-10)9(13)6-15-17/h5-8,14H,3-4H2,1-2H3. The lowest BCUT2D eigenvalue weighted by atomic mass is 10.0. The highest BCUT2D eigenvalue weighted by Gasteiger charge is 2.30. The summed E-state index contributed by atoms with van der Waals surface area (Å²) >= 11 is 0. The van der Waals surface area contributed by atoms with Crippen LogP contribution in [0.1, 0.15) is 31.4 Å². The van der Waals surface area contributed by atoms with Crippen LogP contribution in [0.5, 0.6) is 0 Å². The van der Waals surface area contributed by atoms with Crippen LogP contribution in [-0.4, -0.2) is 21.6 Å². The second-order valence-corrected chi connectivity index (χ2v) is 4.67. The van der Waals surface area contributed by atoms with Crippen molar-refractivity contribution in [1.82, 2.24) is 14.6 Å². The lowest BCUT2D eigenvalue weighted by Gasteiger charge is -2.12. The zero-order valence-corrected chi connectivity index (χ0v) is 9.94. The van der Waals surface area contributed by atoms with E-state index < -0.39 is 0 Å². The molecule has 17 heavy (non-hydrogen) atoms. The number of hydrogen-bond donors (Lipinski definition) is 1. The summed E-state index contributed by atoms with van der Waals surface area (Å²) in [5.41, 5.74) is 1.25. The van der Waals surface area contributed by atoms with Crippen LogP contribution >= 0.6 is 0 Å². The molecule has 1 atom stereocenters. The predicted octanol–water partition coefficient (Wildman–Crippen LogP) is 2.42. The molecule has 0 bridgehead atoms. The van der Waals surface area contributed by atoms with Gasteiger partial charge in [-0.25, -0.2) is 9.37 Å². The average molecular weight is 234 g/mol. The number of nitrogens with one attached hydrogen (secondary N) is 1. The Morgan fingerprint density at radius 2 is 2.29 bits per heavy atom. The van der Waals surface area contributed by atoms with Gasteiger partial charge in [0.25, 0.3) is 0 Å². The topological polar surface area (TPSA) is 42.2 Å². The van der Waals surface area contributed by atoms with Gasteiger partial charge in [-0.3, -0.25) is 0 Å². The third kappa shape index (κ3) is 1.66. The van der Waals surface area contributed by atoms with Gasteiger partial charge in [0.15, 0.2) is 11.5 Å². The number of aromatic nitrogens is 3. The van der Waals surface area contributed by atoms with Gasteiger partial charge in [0, 0.05) is 24.7 Å². The SMILES string of the molecule is CNc1cc(C(C)C2CC2)nc2c(F)cnn12. The smallest absolute Gasteiger partial charge is 0.193 e. The van der Waals surface area contributed by atoms with Crippen molar-refractivity contribution in [1.29, 1.82) is 0 Å². The van der Waals surface area contributed by atoms with Crippen LogP contribution in [0.4, 0.5) is 10.2 Å². The minimum Gasteiger partial charge on any atom is -0.373 e. The van der Waals surface area contributed by atoms with Gasteiger partial charge in [-0.15, -0.1) is 0 Å². The number of rotatable bonds is 3.